The van der Waals surface area contributed by atoms with Crippen LogP contribution in [-0.4, -0.2) is 85.9 Å². The Morgan fingerprint density at radius 1 is 1.06 bits per heavy atom. The second-order valence-electron chi connectivity index (χ2n) is 11.9. The van der Waals surface area contributed by atoms with Gasteiger partial charge in [-0.15, -0.1) is 0 Å². The molecule has 17 heteroatoms. The minimum Gasteiger partial charge on any atom is -0.462 e. The monoisotopic (exact) mass is 712 g/mol. The van der Waals surface area contributed by atoms with Crippen molar-refractivity contribution >= 4 is 45.3 Å². The van der Waals surface area contributed by atoms with Gasteiger partial charge in [0.2, 0.25) is 15.9 Å². The quantitative estimate of drug-likeness (QED) is 0.276. The number of nitrogens with one attached hydrogen (secondary N) is 1. The van der Waals surface area contributed by atoms with Gasteiger partial charge in [-0.25, -0.2) is 17.1 Å². The third-order valence-electron chi connectivity index (χ3n) is 8.31. The van der Waals surface area contributed by atoms with Gasteiger partial charge in [0.1, 0.15) is 23.8 Å². The van der Waals surface area contributed by atoms with Crippen LogP contribution < -0.4 is 10.2 Å². The molecule has 4 rings (SSSR count). The van der Waals surface area contributed by atoms with Crippen LogP contribution in [0.4, 0.5) is 23.2 Å². The van der Waals surface area contributed by atoms with Crippen molar-refractivity contribution in [2.75, 3.05) is 36.9 Å². The summed E-state index contributed by atoms with van der Waals surface area (Å²) in [5.41, 5.74) is -1.12. The van der Waals surface area contributed by atoms with Crippen molar-refractivity contribution in [2.45, 2.75) is 64.8 Å². The maximum absolute atomic E-state index is 13.8. The molecule has 0 radical (unpaired) electrons. The fraction of sp³-hybridized carbons (Fsp3) is 0.469. The minimum absolute atomic E-state index is 0.00468. The summed E-state index contributed by atoms with van der Waals surface area (Å²) < 4.78 is 91.5. The number of aryl methyl sites for hydroxylation is 2. The molecule has 2 aromatic rings. The Hall–Kier alpha value is -4.38. The Morgan fingerprint density at radius 2 is 1.73 bits per heavy atom. The van der Waals surface area contributed by atoms with E-state index in [1.807, 2.05) is 0 Å². The van der Waals surface area contributed by atoms with Gasteiger partial charge in [0, 0.05) is 45.1 Å². The molecule has 2 amide bonds. The smallest absolute Gasteiger partial charge is 0.419 e. The highest BCUT2D eigenvalue weighted by molar-refractivity contribution is 7.89. The van der Waals surface area contributed by atoms with E-state index in [0.29, 0.717) is 28.9 Å². The van der Waals surface area contributed by atoms with Crippen molar-refractivity contribution in [3.8, 4) is 0 Å². The van der Waals surface area contributed by atoms with E-state index < -0.39 is 57.1 Å². The van der Waals surface area contributed by atoms with Crippen molar-refractivity contribution in [1.29, 1.82) is 0 Å². The van der Waals surface area contributed by atoms with Crippen LogP contribution in [-0.2, 0) is 51.3 Å². The van der Waals surface area contributed by atoms with Gasteiger partial charge in [-0.1, -0.05) is 6.07 Å². The van der Waals surface area contributed by atoms with Crippen LogP contribution >= 0.6 is 0 Å². The zero-order valence-electron chi connectivity index (χ0n) is 27.2. The summed E-state index contributed by atoms with van der Waals surface area (Å²) in [5.74, 6) is -3.99. The Kier molecular flexibility index (Phi) is 11.2. The van der Waals surface area contributed by atoms with Crippen molar-refractivity contribution < 1.29 is 54.6 Å². The molecule has 2 aliphatic rings. The van der Waals surface area contributed by atoms with E-state index in [4.69, 9.17) is 9.47 Å². The summed E-state index contributed by atoms with van der Waals surface area (Å²) >= 11 is 0. The fourth-order valence-corrected chi connectivity index (χ4v) is 7.18. The number of amidine groups is 1. The average molecular weight is 713 g/mol. The largest absolute Gasteiger partial charge is 0.462 e. The molecule has 1 N–H and O–H groups in total. The second kappa shape index (κ2) is 14.6. The zero-order valence-corrected chi connectivity index (χ0v) is 28.0. The predicted molar refractivity (Wildman–Crippen MR) is 169 cm³/mol. The highest BCUT2D eigenvalue weighted by Gasteiger charge is 2.48. The van der Waals surface area contributed by atoms with Gasteiger partial charge < -0.3 is 19.7 Å². The normalized spacial score (nSPS) is 16.9. The molecule has 12 nitrogen and oxygen atoms in total. The summed E-state index contributed by atoms with van der Waals surface area (Å²) in [6.07, 6.45) is -5.74. The van der Waals surface area contributed by atoms with Gasteiger partial charge in [0.15, 0.2) is 6.10 Å². The Morgan fingerprint density at radius 3 is 2.31 bits per heavy atom. The predicted octanol–water partition coefficient (Wildman–Crippen LogP) is 3.28. The molecule has 1 spiro atoms. The number of sulfonamides is 1. The number of halogens is 4. The van der Waals surface area contributed by atoms with Gasteiger partial charge in [0.25, 0.3) is 5.91 Å². The lowest BCUT2D eigenvalue weighted by molar-refractivity contribution is -0.155. The molecule has 1 saturated heterocycles. The van der Waals surface area contributed by atoms with Crippen molar-refractivity contribution in [3.63, 3.8) is 0 Å². The number of anilines is 1. The van der Waals surface area contributed by atoms with Gasteiger partial charge in [-0.2, -0.15) is 13.2 Å². The number of aliphatic imine (C=N–C) groups is 1. The topological polar surface area (TPSA) is 152 Å². The van der Waals surface area contributed by atoms with Crippen LogP contribution in [0.5, 0.6) is 0 Å². The zero-order chi connectivity index (χ0) is 36.3. The van der Waals surface area contributed by atoms with Gasteiger partial charge in [-0.3, -0.25) is 24.2 Å². The Labute approximate surface area is 280 Å². The first kappa shape index (κ1) is 37.4. The summed E-state index contributed by atoms with van der Waals surface area (Å²) in [7, 11) is -3.80. The van der Waals surface area contributed by atoms with E-state index in [1.165, 1.54) is 30.0 Å². The molecule has 1 unspecified atom stereocenters. The van der Waals surface area contributed by atoms with Gasteiger partial charge in [0.05, 0.1) is 17.9 Å². The molecule has 0 aromatic heterocycles. The molecule has 266 valence electrons. The fourth-order valence-electron chi connectivity index (χ4n) is 5.70. The first-order valence-electron chi connectivity index (χ1n) is 15.3. The number of ether oxygens (including phenoxy) is 2. The van der Waals surface area contributed by atoms with Gasteiger partial charge in [-0.05, 0) is 67.6 Å². The third kappa shape index (κ3) is 9.00. The highest BCUT2D eigenvalue weighted by Crippen LogP contribution is 2.35. The summed E-state index contributed by atoms with van der Waals surface area (Å²) in [6.45, 7) is 5.03. The van der Waals surface area contributed by atoms with E-state index >= 15 is 0 Å². The number of hydrogen-bond acceptors (Lipinski definition) is 9. The van der Waals surface area contributed by atoms with Crippen molar-refractivity contribution in [3.05, 3.63) is 64.5 Å². The van der Waals surface area contributed by atoms with Crippen LogP contribution in [0.1, 0.15) is 55.9 Å². The number of carbonyl (C=O) groups is 4. The summed E-state index contributed by atoms with van der Waals surface area (Å²) in [4.78, 5) is 54.0. The molecule has 1 fully saturated rings. The lowest BCUT2D eigenvalue weighted by Crippen LogP contribution is -2.50. The number of alkyl halides is 3. The lowest BCUT2D eigenvalue weighted by Gasteiger charge is -2.34. The van der Waals surface area contributed by atoms with E-state index in [1.54, 1.807) is 25.1 Å². The van der Waals surface area contributed by atoms with Crippen LogP contribution in [0, 0.1) is 12.7 Å². The first-order chi connectivity index (χ1) is 22.8. The van der Waals surface area contributed by atoms with Gasteiger partial charge >= 0.3 is 18.1 Å². The molecule has 0 bridgehead atoms. The second-order valence-corrected chi connectivity index (χ2v) is 14.0. The standard InChI is InChI=1S/C32H36F4N4O8S/c1-19-15-25(40(20(2)41)17-26(48-22(4)43)18-47-21(3)42)7-5-23(19)9-14-49(45,46)39-12-10-31(11-13-39)30(44)37-29(38-31)24-6-8-28(33)27(16-24)32(34,35)36/h5-8,15-16,26H,9-14,17-18H2,1-4H3,(H,37,38,44). The molecule has 2 aromatic carbocycles. The number of hydrogen-bond donors (Lipinski definition) is 1. The van der Waals surface area contributed by atoms with Crippen LogP contribution in [0.3, 0.4) is 0 Å². The summed E-state index contributed by atoms with van der Waals surface area (Å²) in [6, 6.07) is 7.32. The van der Waals surface area contributed by atoms with E-state index in [-0.39, 0.29) is 68.6 Å². The Balaban J connectivity index is 1.41. The number of benzene rings is 2. The molecule has 2 heterocycles. The highest BCUT2D eigenvalue weighted by atomic mass is 32.2. The first-order valence-corrected chi connectivity index (χ1v) is 16.9. The number of piperidine rings is 1. The maximum atomic E-state index is 13.8. The Bertz CT molecular complexity index is 1770. The molecular weight excluding hydrogens is 676 g/mol. The average Bonchev–Trinajstić information content (AvgIpc) is 3.31. The van der Waals surface area contributed by atoms with Crippen LogP contribution in [0.15, 0.2) is 41.4 Å². The van der Waals surface area contributed by atoms with Crippen molar-refractivity contribution in [1.82, 2.24) is 9.62 Å². The number of carbonyl (C=O) groups excluding carboxylic acids is 4. The molecule has 0 saturated carbocycles. The van der Waals surface area contributed by atoms with E-state index in [0.717, 1.165) is 6.07 Å². The third-order valence-corrected chi connectivity index (χ3v) is 10.2. The number of esters is 2. The summed E-state index contributed by atoms with van der Waals surface area (Å²) in [5, 5.41) is 2.47. The van der Waals surface area contributed by atoms with Crippen LogP contribution in [0.25, 0.3) is 0 Å². The lowest BCUT2D eigenvalue weighted by atomic mass is 9.89. The maximum Gasteiger partial charge on any atom is 0.419 e. The SMILES string of the molecule is CC(=O)OCC(CN(C(C)=O)c1ccc(CCS(=O)(=O)N2CCC3(CC2)N=C(c2ccc(F)c(C(F)(F)F)c2)NC3=O)c(C)c1)OC(C)=O. The molecule has 49 heavy (non-hydrogen) atoms. The molecule has 0 aliphatic carbocycles. The number of rotatable bonds is 11. The molecule has 1 atom stereocenters. The van der Waals surface area contributed by atoms with E-state index in [9.17, 15) is 45.2 Å². The van der Waals surface area contributed by atoms with Crippen molar-refractivity contribution in [2.24, 2.45) is 4.99 Å². The van der Waals surface area contributed by atoms with Crippen LogP contribution in [0.2, 0.25) is 0 Å². The number of nitrogens with zero attached hydrogens (tertiary/aromatic N) is 3. The molecular formula is C32H36F4N4O8S. The van der Waals surface area contributed by atoms with E-state index in [2.05, 4.69) is 10.3 Å². The minimum atomic E-state index is -4.94. The molecule has 2 aliphatic heterocycles. The number of amides is 2.